The van der Waals surface area contributed by atoms with Gasteiger partial charge in [0.05, 0.1) is 11.1 Å². The first-order valence-corrected chi connectivity index (χ1v) is 9.41. The lowest BCUT2D eigenvalue weighted by Gasteiger charge is -2.22. The highest BCUT2D eigenvalue weighted by Crippen LogP contribution is 2.41. The number of benzene rings is 2. The third-order valence-corrected chi connectivity index (χ3v) is 4.98. The van der Waals surface area contributed by atoms with E-state index in [1.165, 1.54) is 0 Å². The van der Waals surface area contributed by atoms with Gasteiger partial charge in [0, 0.05) is 23.6 Å². The number of carbonyl (C=O) groups excluding carboxylic acids is 1. The Morgan fingerprint density at radius 1 is 1.29 bits per heavy atom. The molecule has 2 aromatic carbocycles. The molecule has 0 radical (unpaired) electrons. The topological polar surface area (TPSA) is 80.7 Å². The van der Waals surface area contributed by atoms with Gasteiger partial charge in [0.25, 0.3) is 0 Å². The lowest BCUT2D eigenvalue weighted by atomic mass is 9.95. The quantitative estimate of drug-likeness (QED) is 0.668. The lowest BCUT2D eigenvalue weighted by molar-refractivity contribution is -0.121. The number of pyridine rings is 1. The number of nitrogens with one attached hydrogen (secondary N) is 1. The third kappa shape index (κ3) is 3.31. The Kier molecular flexibility index (Phi) is 4.96. The number of halogens is 1. The summed E-state index contributed by atoms with van der Waals surface area (Å²) in [7, 11) is 0. The molecule has 0 unspecified atom stereocenters. The largest absolute Gasteiger partial charge is 0.505 e. The van der Waals surface area contributed by atoms with Crippen LogP contribution in [-0.2, 0) is 4.79 Å². The number of nitrogens with zero attached hydrogens (tertiary/aromatic N) is 1. The fraction of sp³-hybridized carbons (Fsp3) is 0.238. The van der Waals surface area contributed by atoms with Crippen molar-refractivity contribution in [1.29, 1.82) is 0 Å². The summed E-state index contributed by atoms with van der Waals surface area (Å²) in [5.74, 6) is 1.10. The molecule has 1 aromatic heterocycles. The normalized spacial score (nSPS) is 13.5. The molecule has 4 rings (SSSR count). The van der Waals surface area contributed by atoms with Gasteiger partial charge in [-0.1, -0.05) is 24.6 Å². The summed E-state index contributed by atoms with van der Waals surface area (Å²) in [4.78, 5) is 16.7. The zero-order valence-corrected chi connectivity index (χ0v) is 16.0. The number of hydrogen-bond donors (Lipinski definition) is 2. The predicted molar refractivity (Wildman–Crippen MR) is 106 cm³/mol. The average molecular weight is 399 g/mol. The number of carbonyl (C=O) groups is 1. The molecule has 144 valence electrons. The Labute approximate surface area is 167 Å². The molecule has 1 amide bonds. The van der Waals surface area contributed by atoms with E-state index in [1.807, 2.05) is 13.0 Å². The van der Waals surface area contributed by atoms with Crippen LogP contribution in [0.2, 0.25) is 5.02 Å². The highest BCUT2D eigenvalue weighted by molar-refractivity contribution is 6.35. The second kappa shape index (κ2) is 7.56. The SMILES string of the molecule is CCCC(=O)N[C@H](c1ccc2c(c1)OCO2)c1cc(Cl)c2cccnc2c1O. The third-order valence-electron chi connectivity index (χ3n) is 4.67. The summed E-state index contributed by atoms with van der Waals surface area (Å²) in [5, 5.41) is 15.0. The van der Waals surface area contributed by atoms with Crippen LogP contribution in [-0.4, -0.2) is 22.8 Å². The number of ether oxygens (including phenoxy) is 2. The van der Waals surface area contributed by atoms with E-state index in [1.54, 1.807) is 36.5 Å². The molecule has 28 heavy (non-hydrogen) atoms. The Bertz CT molecular complexity index is 1050. The molecule has 2 heterocycles. The fourth-order valence-corrected chi connectivity index (χ4v) is 3.59. The molecule has 1 aliphatic heterocycles. The minimum Gasteiger partial charge on any atom is -0.505 e. The zero-order valence-electron chi connectivity index (χ0n) is 15.2. The summed E-state index contributed by atoms with van der Waals surface area (Å²) >= 11 is 6.45. The minimum absolute atomic E-state index is 0.0144. The van der Waals surface area contributed by atoms with Crippen molar-refractivity contribution in [2.24, 2.45) is 0 Å². The van der Waals surface area contributed by atoms with Crippen LogP contribution in [0.5, 0.6) is 17.2 Å². The second-order valence-electron chi connectivity index (χ2n) is 6.56. The first-order chi connectivity index (χ1) is 13.6. The minimum atomic E-state index is -0.613. The van der Waals surface area contributed by atoms with Crippen LogP contribution < -0.4 is 14.8 Å². The van der Waals surface area contributed by atoms with E-state index in [4.69, 9.17) is 21.1 Å². The molecular weight excluding hydrogens is 380 g/mol. The van der Waals surface area contributed by atoms with Crippen molar-refractivity contribution in [3.8, 4) is 17.2 Å². The molecule has 6 nitrogen and oxygen atoms in total. The standard InChI is InChI=1S/C21H19ClN2O4/c1-2-4-18(25)24-19(12-6-7-16-17(9-12)28-11-27-16)14-10-15(22)13-5-3-8-23-20(13)21(14)26/h3,5-10,19,26H,2,4,11H2,1H3,(H,24,25)/t19-/m1/s1. The van der Waals surface area contributed by atoms with Crippen LogP contribution in [0.3, 0.4) is 0 Å². The monoisotopic (exact) mass is 398 g/mol. The van der Waals surface area contributed by atoms with Crippen LogP contribution in [0, 0.1) is 0 Å². The van der Waals surface area contributed by atoms with E-state index in [2.05, 4.69) is 10.3 Å². The van der Waals surface area contributed by atoms with Gasteiger partial charge in [0.15, 0.2) is 11.5 Å². The molecule has 0 bridgehead atoms. The molecule has 0 saturated heterocycles. The van der Waals surface area contributed by atoms with E-state index in [0.29, 0.717) is 45.8 Å². The molecule has 1 aliphatic rings. The summed E-state index contributed by atoms with van der Waals surface area (Å²) in [6.07, 6.45) is 2.68. The maximum atomic E-state index is 12.4. The predicted octanol–water partition coefficient (Wildman–Crippen LogP) is 4.33. The van der Waals surface area contributed by atoms with Gasteiger partial charge in [0.1, 0.15) is 11.3 Å². The summed E-state index contributed by atoms with van der Waals surface area (Å²) < 4.78 is 10.8. The highest BCUT2D eigenvalue weighted by Gasteiger charge is 2.25. The molecule has 0 saturated carbocycles. The van der Waals surface area contributed by atoms with E-state index < -0.39 is 6.04 Å². The van der Waals surface area contributed by atoms with Crippen LogP contribution in [0.4, 0.5) is 0 Å². The summed E-state index contributed by atoms with van der Waals surface area (Å²) in [6.45, 7) is 2.09. The first kappa shape index (κ1) is 18.4. The lowest BCUT2D eigenvalue weighted by Crippen LogP contribution is -2.29. The van der Waals surface area contributed by atoms with Crippen molar-refractivity contribution < 1.29 is 19.4 Å². The molecule has 2 N–H and O–H groups in total. The molecule has 7 heteroatoms. The number of aromatic hydroxyl groups is 1. The number of fused-ring (bicyclic) bond motifs is 2. The summed E-state index contributed by atoms with van der Waals surface area (Å²) in [6, 6.07) is 10.0. The first-order valence-electron chi connectivity index (χ1n) is 9.03. The number of aromatic nitrogens is 1. The van der Waals surface area contributed by atoms with E-state index >= 15 is 0 Å². The van der Waals surface area contributed by atoms with Gasteiger partial charge in [-0.3, -0.25) is 9.78 Å². The number of rotatable bonds is 5. The Morgan fingerprint density at radius 2 is 2.11 bits per heavy atom. The van der Waals surface area contributed by atoms with Crippen LogP contribution in [0.1, 0.15) is 36.9 Å². The Balaban J connectivity index is 1.85. The Morgan fingerprint density at radius 3 is 2.93 bits per heavy atom. The van der Waals surface area contributed by atoms with Crippen LogP contribution in [0.25, 0.3) is 10.9 Å². The van der Waals surface area contributed by atoms with Crippen molar-refractivity contribution in [1.82, 2.24) is 10.3 Å². The van der Waals surface area contributed by atoms with Crippen molar-refractivity contribution in [2.75, 3.05) is 6.79 Å². The van der Waals surface area contributed by atoms with Gasteiger partial charge in [0.2, 0.25) is 12.7 Å². The number of amides is 1. The van der Waals surface area contributed by atoms with Crippen molar-refractivity contribution in [3.05, 3.63) is 58.7 Å². The zero-order chi connectivity index (χ0) is 19.7. The maximum absolute atomic E-state index is 12.4. The van der Waals surface area contributed by atoms with Crippen LogP contribution in [0.15, 0.2) is 42.6 Å². The number of hydrogen-bond acceptors (Lipinski definition) is 5. The molecule has 0 aliphatic carbocycles. The van der Waals surface area contributed by atoms with Gasteiger partial charge in [-0.2, -0.15) is 0 Å². The molecular formula is C21H19ClN2O4. The van der Waals surface area contributed by atoms with E-state index in [0.717, 1.165) is 5.56 Å². The molecule has 0 spiro atoms. The van der Waals surface area contributed by atoms with Gasteiger partial charge >= 0.3 is 0 Å². The van der Waals surface area contributed by atoms with Gasteiger partial charge in [-0.25, -0.2) is 0 Å². The van der Waals surface area contributed by atoms with Crippen molar-refractivity contribution in [3.63, 3.8) is 0 Å². The average Bonchev–Trinajstić information content (AvgIpc) is 3.17. The summed E-state index contributed by atoms with van der Waals surface area (Å²) in [5.41, 5.74) is 1.61. The fourth-order valence-electron chi connectivity index (χ4n) is 3.32. The van der Waals surface area contributed by atoms with E-state index in [-0.39, 0.29) is 18.4 Å². The van der Waals surface area contributed by atoms with Crippen molar-refractivity contribution in [2.45, 2.75) is 25.8 Å². The van der Waals surface area contributed by atoms with Gasteiger partial charge in [-0.05, 0) is 42.3 Å². The Hall–Kier alpha value is -2.99. The second-order valence-corrected chi connectivity index (χ2v) is 6.97. The molecule has 1 atom stereocenters. The maximum Gasteiger partial charge on any atom is 0.231 e. The molecule has 0 fully saturated rings. The highest BCUT2D eigenvalue weighted by atomic mass is 35.5. The van der Waals surface area contributed by atoms with E-state index in [9.17, 15) is 9.90 Å². The van der Waals surface area contributed by atoms with Gasteiger partial charge in [-0.15, -0.1) is 0 Å². The number of phenols is 1. The molecule has 3 aromatic rings. The van der Waals surface area contributed by atoms with Crippen molar-refractivity contribution >= 4 is 28.4 Å². The number of phenolic OH excluding ortho intramolecular Hbond substituents is 1. The van der Waals surface area contributed by atoms with Crippen LogP contribution >= 0.6 is 11.6 Å². The van der Waals surface area contributed by atoms with Gasteiger partial charge < -0.3 is 19.9 Å². The smallest absolute Gasteiger partial charge is 0.231 e.